The van der Waals surface area contributed by atoms with Gasteiger partial charge in [0.25, 0.3) is 0 Å². The predicted octanol–water partition coefficient (Wildman–Crippen LogP) is 2.10. The molecule has 1 aliphatic heterocycles. The van der Waals surface area contributed by atoms with Gasteiger partial charge < -0.3 is 15.4 Å². The average Bonchev–Trinajstić information content (AvgIpc) is 2.45. The second kappa shape index (κ2) is 6.06. The molecule has 1 aromatic rings. The quantitative estimate of drug-likeness (QED) is 0.904. The second-order valence-electron chi connectivity index (χ2n) is 4.85. The first-order chi connectivity index (χ1) is 9.19. The van der Waals surface area contributed by atoms with Crippen LogP contribution in [0.4, 0.5) is 5.69 Å². The fraction of sp³-hybridized carbons (Fsp3) is 0.533. The van der Waals surface area contributed by atoms with Gasteiger partial charge in [0.05, 0.1) is 12.2 Å². The minimum atomic E-state index is 0.0864. The van der Waals surface area contributed by atoms with Gasteiger partial charge in [-0.3, -0.25) is 4.79 Å². The summed E-state index contributed by atoms with van der Waals surface area (Å²) >= 11 is 0. The van der Waals surface area contributed by atoms with Gasteiger partial charge in [-0.2, -0.15) is 0 Å². The zero-order valence-electron chi connectivity index (χ0n) is 11.7. The highest BCUT2D eigenvalue weighted by molar-refractivity contribution is 5.95. The molecule has 4 nitrogen and oxygen atoms in total. The van der Waals surface area contributed by atoms with Gasteiger partial charge in [0, 0.05) is 6.42 Å². The lowest BCUT2D eigenvalue weighted by atomic mass is 10.1. The van der Waals surface area contributed by atoms with Crippen molar-refractivity contribution in [2.24, 2.45) is 5.73 Å². The molecule has 1 aromatic carbocycles. The summed E-state index contributed by atoms with van der Waals surface area (Å²) in [4.78, 5) is 14.0. The molecule has 0 fully saturated rings. The second-order valence-corrected chi connectivity index (χ2v) is 4.85. The number of carbonyl (C=O) groups excluding carboxylic acids is 1. The van der Waals surface area contributed by atoms with Crippen LogP contribution in [0.1, 0.15) is 32.3 Å². The van der Waals surface area contributed by atoms with Crippen LogP contribution in [0.25, 0.3) is 0 Å². The summed E-state index contributed by atoms with van der Waals surface area (Å²) in [5, 5.41) is 0. The molecule has 0 saturated carbocycles. The first-order valence-corrected chi connectivity index (χ1v) is 6.99. The van der Waals surface area contributed by atoms with Gasteiger partial charge in [0.15, 0.2) is 0 Å². The minimum Gasteiger partial charge on any atom is -0.486 e. The van der Waals surface area contributed by atoms with E-state index in [1.165, 1.54) is 0 Å². The van der Waals surface area contributed by atoms with E-state index in [1.807, 2.05) is 30.0 Å². The smallest absolute Gasteiger partial charge is 0.226 e. The van der Waals surface area contributed by atoms with Gasteiger partial charge >= 0.3 is 0 Å². The number of amides is 1. The lowest BCUT2D eigenvalue weighted by Crippen LogP contribution is -2.43. The topological polar surface area (TPSA) is 55.6 Å². The first kappa shape index (κ1) is 13.9. The summed E-state index contributed by atoms with van der Waals surface area (Å²) < 4.78 is 5.91. The normalized spacial score (nSPS) is 17.8. The Hall–Kier alpha value is -1.55. The van der Waals surface area contributed by atoms with Crippen molar-refractivity contribution >= 4 is 11.6 Å². The molecule has 19 heavy (non-hydrogen) atoms. The van der Waals surface area contributed by atoms with Crippen LogP contribution in [0.3, 0.4) is 0 Å². The van der Waals surface area contributed by atoms with Crippen LogP contribution in [0.5, 0.6) is 5.75 Å². The van der Waals surface area contributed by atoms with Crippen molar-refractivity contribution < 1.29 is 9.53 Å². The first-order valence-electron chi connectivity index (χ1n) is 6.99. The molecule has 2 N–H and O–H groups in total. The van der Waals surface area contributed by atoms with Crippen LogP contribution >= 0.6 is 0 Å². The van der Waals surface area contributed by atoms with Crippen molar-refractivity contribution in [1.29, 1.82) is 0 Å². The number of anilines is 1. The van der Waals surface area contributed by atoms with Crippen molar-refractivity contribution in [3.63, 3.8) is 0 Å². The highest BCUT2D eigenvalue weighted by Crippen LogP contribution is 2.35. The highest BCUT2D eigenvalue weighted by atomic mass is 16.5. The Labute approximate surface area is 114 Å². The van der Waals surface area contributed by atoms with Gasteiger partial charge in [-0.15, -0.1) is 0 Å². The van der Waals surface area contributed by atoms with E-state index in [0.29, 0.717) is 19.5 Å². The lowest BCUT2D eigenvalue weighted by Gasteiger charge is -2.34. The Bertz CT molecular complexity index is 459. The fourth-order valence-corrected chi connectivity index (χ4v) is 2.35. The van der Waals surface area contributed by atoms with Crippen LogP contribution in [0, 0.1) is 0 Å². The van der Waals surface area contributed by atoms with Gasteiger partial charge in [0.1, 0.15) is 11.9 Å². The molecule has 1 amide bonds. The number of carbonyl (C=O) groups is 1. The maximum Gasteiger partial charge on any atom is 0.226 e. The largest absolute Gasteiger partial charge is 0.486 e. The molecule has 2 rings (SSSR count). The van der Waals surface area contributed by atoms with Gasteiger partial charge in [-0.25, -0.2) is 0 Å². The zero-order chi connectivity index (χ0) is 13.8. The molecule has 1 aliphatic rings. The summed E-state index contributed by atoms with van der Waals surface area (Å²) in [5.74, 6) is 0.952. The highest BCUT2D eigenvalue weighted by Gasteiger charge is 2.28. The number of nitrogens with zero attached hydrogens (tertiary/aromatic N) is 1. The summed E-state index contributed by atoms with van der Waals surface area (Å²) in [7, 11) is 0. The number of ether oxygens (including phenoxy) is 1. The van der Waals surface area contributed by atoms with E-state index in [4.69, 9.17) is 10.5 Å². The minimum absolute atomic E-state index is 0.0864. The van der Waals surface area contributed by atoms with Crippen LogP contribution in [-0.2, 0) is 11.2 Å². The molecule has 1 atom stereocenters. The monoisotopic (exact) mass is 262 g/mol. The van der Waals surface area contributed by atoms with E-state index in [-0.39, 0.29) is 12.0 Å². The van der Waals surface area contributed by atoms with Gasteiger partial charge in [-0.1, -0.05) is 19.9 Å². The number of nitrogens with two attached hydrogens (primary N) is 1. The number of hydrogen-bond donors (Lipinski definition) is 1. The third-order valence-electron chi connectivity index (χ3n) is 3.49. The molecule has 1 unspecified atom stereocenters. The number of hydrogen-bond acceptors (Lipinski definition) is 3. The standard InChI is InChI=1S/C15H22N2O2/c1-3-12-10-17(15(18)4-2)13-9-11(7-8-16)5-6-14(13)19-12/h5-6,9,12H,3-4,7-8,10,16H2,1-2H3. The number of fused-ring (bicyclic) bond motifs is 1. The van der Waals surface area contributed by atoms with Gasteiger partial charge in [0.2, 0.25) is 5.91 Å². The maximum absolute atomic E-state index is 12.1. The molecule has 4 heteroatoms. The van der Waals surface area contributed by atoms with E-state index in [2.05, 4.69) is 6.92 Å². The molecule has 0 radical (unpaired) electrons. The maximum atomic E-state index is 12.1. The molecule has 0 aliphatic carbocycles. The summed E-state index contributed by atoms with van der Waals surface area (Å²) in [6, 6.07) is 6.01. The molecule has 0 spiro atoms. The van der Waals surface area contributed by atoms with E-state index in [9.17, 15) is 4.79 Å². The van der Waals surface area contributed by atoms with Crippen molar-refractivity contribution in [3.8, 4) is 5.75 Å². The van der Waals surface area contributed by atoms with Crippen LogP contribution in [0.15, 0.2) is 18.2 Å². The van der Waals surface area contributed by atoms with Crippen molar-refractivity contribution in [2.45, 2.75) is 39.2 Å². The van der Waals surface area contributed by atoms with Crippen molar-refractivity contribution in [2.75, 3.05) is 18.0 Å². The van der Waals surface area contributed by atoms with Gasteiger partial charge in [-0.05, 0) is 37.1 Å². The molecule has 0 saturated heterocycles. The third-order valence-corrected chi connectivity index (χ3v) is 3.49. The lowest BCUT2D eigenvalue weighted by molar-refractivity contribution is -0.118. The zero-order valence-corrected chi connectivity index (χ0v) is 11.7. The molecule has 0 bridgehead atoms. The van der Waals surface area contributed by atoms with Crippen molar-refractivity contribution in [3.05, 3.63) is 23.8 Å². The molecule has 1 heterocycles. The van der Waals surface area contributed by atoms with Crippen LogP contribution in [0.2, 0.25) is 0 Å². The third kappa shape index (κ3) is 2.89. The van der Waals surface area contributed by atoms with Crippen LogP contribution < -0.4 is 15.4 Å². The van der Waals surface area contributed by atoms with E-state index >= 15 is 0 Å². The molecule has 0 aromatic heterocycles. The molecular weight excluding hydrogens is 240 g/mol. The van der Waals surface area contributed by atoms with E-state index < -0.39 is 0 Å². The summed E-state index contributed by atoms with van der Waals surface area (Å²) in [6.45, 7) is 5.22. The molecular formula is C15H22N2O2. The van der Waals surface area contributed by atoms with Crippen LogP contribution in [-0.4, -0.2) is 25.1 Å². The Kier molecular flexibility index (Phi) is 4.43. The Morgan fingerprint density at radius 1 is 1.47 bits per heavy atom. The number of benzene rings is 1. The van der Waals surface area contributed by atoms with Crippen molar-refractivity contribution in [1.82, 2.24) is 0 Å². The number of rotatable bonds is 4. The Morgan fingerprint density at radius 2 is 2.26 bits per heavy atom. The summed E-state index contributed by atoms with van der Waals surface area (Å²) in [6.07, 6.45) is 2.32. The SMILES string of the molecule is CCC(=O)N1CC(CC)Oc2ccc(CCN)cc21. The van der Waals surface area contributed by atoms with E-state index in [0.717, 1.165) is 29.8 Å². The predicted molar refractivity (Wildman–Crippen MR) is 76.6 cm³/mol. The Balaban J connectivity index is 2.36. The summed E-state index contributed by atoms with van der Waals surface area (Å²) in [5.41, 5.74) is 7.63. The Morgan fingerprint density at radius 3 is 2.89 bits per heavy atom. The van der Waals surface area contributed by atoms with E-state index in [1.54, 1.807) is 0 Å². The average molecular weight is 262 g/mol. The fourth-order valence-electron chi connectivity index (χ4n) is 2.35. The molecule has 104 valence electrons.